The molecule has 0 aromatic carbocycles. The van der Waals surface area contributed by atoms with Crippen molar-refractivity contribution in [1.82, 2.24) is 4.90 Å². The molecule has 12 heavy (non-hydrogen) atoms. The summed E-state index contributed by atoms with van der Waals surface area (Å²) in [6.07, 6.45) is 3.36. The summed E-state index contributed by atoms with van der Waals surface area (Å²) in [7, 11) is 0. The Kier molecular flexibility index (Phi) is 1.40. The van der Waals surface area contributed by atoms with Crippen LogP contribution in [0.2, 0.25) is 0 Å². The van der Waals surface area contributed by atoms with Crippen LogP contribution in [0, 0.1) is 5.41 Å². The fourth-order valence-electron chi connectivity index (χ4n) is 2.07. The topological polar surface area (TPSA) is 29.3 Å². The Labute approximate surface area is 73.7 Å². The SMILES string of the molecule is C=C1C(N)C=C2N1CCC2(C)C. The van der Waals surface area contributed by atoms with E-state index in [2.05, 4.69) is 31.4 Å². The summed E-state index contributed by atoms with van der Waals surface area (Å²) in [5, 5.41) is 0. The van der Waals surface area contributed by atoms with Gasteiger partial charge in [-0.15, -0.1) is 0 Å². The van der Waals surface area contributed by atoms with E-state index in [1.165, 1.54) is 12.1 Å². The second-order valence-electron chi connectivity index (χ2n) is 4.35. The zero-order chi connectivity index (χ0) is 8.93. The molecule has 0 saturated carbocycles. The van der Waals surface area contributed by atoms with Crippen molar-refractivity contribution in [2.75, 3.05) is 6.54 Å². The molecule has 0 bridgehead atoms. The van der Waals surface area contributed by atoms with Crippen LogP contribution in [0.1, 0.15) is 20.3 Å². The van der Waals surface area contributed by atoms with Crippen LogP contribution in [-0.2, 0) is 0 Å². The molecule has 1 fully saturated rings. The number of rotatable bonds is 0. The Morgan fingerprint density at radius 1 is 1.67 bits per heavy atom. The second kappa shape index (κ2) is 2.13. The van der Waals surface area contributed by atoms with Crippen molar-refractivity contribution < 1.29 is 0 Å². The summed E-state index contributed by atoms with van der Waals surface area (Å²) in [5.41, 5.74) is 8.62. The number of nitrogens with two attached hydrogens (primary N) is 1. The molecule has 0 radical (unpaired) electrons. The molecule has 0 spiro atoms. The van der Waals surface area contributed by atoms with E-state index in [1.807, 2.05) is 0 Å². The van der Waals surface area contributed by atoms with Crippen LogP contribution < -0.4 is 5.73 Å². The van der Waals surface area contributed by atoms with Gasteiger partial charge in [-0.3, -0.25) is 0 Å². The van der Waals surface area contributed by atoms with Crippen molar-refractivity contribution in [2.45, 2.75) is 26.3 Å². The highest BCUT2D eigenvalue weighted by Gasteiger charge is 2.40. The van der Waals surface area contributed by atoms with Crippen LogP contribution in [0.3, 0.4) is 0 Å². The van der Waals surface area contributed by atoms with Gasteiger partial charge in [0.15, 0.2) is 0 Å². The predicted molar refractivity (Wildman–Crippen MR) is 50.3 cm³/mol. The Morgan fingerprint density at radius 3 is 2.92 bits per heavy atom. The van der Waals surface area contributed by atoms with E-state index in [1.54, 1.807) is 0 Å². The first kappa shape index (κ1) is 7.87. The minimum absolute atomic E-state index is 0.0552. The van der Waals surface area contributed by atoms with Crippen LogP contribution in [0.15, 0.2) is 24.0 Å². The summed E-state index contributed by atoms with van der Waals surface area (Å²) in [6.45, 7) is 9.62. The molecular weight excluding hydrogens is 148 g/mol. The third-order valence-corrected chi connectivity index (χ3v) is 3.01. The van der Waals surface area contributed by atoms with E-state index >= 15 is 0 Å². The Hall–Kier alpha value is -0.760. The third kappa shape index (κ3) is 0.845. The average molecular weight is 164 g/mol. The molecule has 2 aliphatic heterocycles. The Morgan fingerprint density at radius 2 is 2.33 bits per heavy atom. The van der Waals surface area contributed by atoms with Crippen LogP contribution in [-0.4, -0.2) is 17.5 Å². The minimum atomic E-state index is 0.0552. The van der Waals surface area contributed by atoms with Gasteiger partial charge in [-0.25, -0.2) is 0 Å². The number of allylic oxidation sites excluding steroid dienone is 1. The average Bonchev–Trinajstić information content (AvgIpc) is 2.40. The lowest BCUT2D eigenvalue weighted by Gasteiger charge is -2.21. The first-order valence-electron chi connectivity index (χ1n) is 4.46. The largest absolute Gasteiger partial charge is 0.347 e. The number of hydrogen-bond donors (Lipinski definition) is 1. The molecule has 1 atom stereocenters. The maximum atomic E-state index is 5.87. The zero-order valence-electron chi connectivity index (χ0n) is 7.80. The quantitative estimate of drug-likeness (QED) is 0.587. The van der Waals surface area contributed by atoms with E-state index in [-0.39, 0.29) is 6.04 Å². The molecule has 2 heteroatoms. The zero-order valence-corrected chi connectivity index (χ0v) is 7.80. The Bertz CT molecular complexity index is 263. The molecule has 2 N–H and O–H groups in total. The van der Waals surface area contributed by atoms with E-state index in [0.29, 0.717) is 5.41 Å². The van der Waals surface area contributed by atoms with E-state index in [0.717, 1.165) is 12.2 Å². The standard InChI is InChI=1S/C10H16N2/c1-7-8(11)6-9-10(2,3)4-5-12(7)9/h6,8H,1,4-5,11H2,2-3H3. The van der Waals surface area contributed by atoms with Crippen molar-refractivity contribution >= 4 is 0 Å². The maximum Gasteiger partial charge on any atom is 0.0649 e. The van der Waals surface area contributed by atoms with E-state index in [9.17, 15) is 0 Å². The van der Waals surface area contributed by atoms with Crippen molar-refractivity contribution in [2.24, 2.45) is 11.1 Å². The maximum absolute atomic E-state index is 5.87. The molecule has 0 aromatic rings. The first-order valence-corrected chi connectivity index (χ1v) is 4.46. The molecular formula is C10H16N2. The highest BCUT2D eigenvalue weighted by Crippen LogP contribution is 2.44. The number of fused-ring (bicyclic) bond motifs is 1. The van der Waals surface area contributed by atoms with Gasteiger partial charge in [0.25, 0.3) is 0 Å². The fourth-order valence-corrected chi connectivity index (χ4v) is 2.07. The van der Waals surface area contributed by atoms with Gasteiger partial charge in [0.2, 0.25) is 0 Å². The number of nitrogens with zero attached hydrogens (tertiary/aromatic N) is 1. The van der Waals surface area contributed by atoms with Crippen LogP contribution in [0.4, 0.5) is 0 Å². The van der Waals surface area contributed by atoms with Gasteiger partial charge in [-0.05, 0) is 12.5 Å². The summed E-state index contributed by atoms with van der Waals surface area (Å²) < 4.78 is 0. The first-order chi connectivity index (χ1) is 5.52. The van der Waals surface area contributed by atoms with Crippen molar-refractivity contribution in [3.05, 3.63) is 24.0 Å². The normalized spacial score (nSPS) is 32.2. The lowest BCUT2D eigenvalue weighted by atomic mass is 9.89. The van der Waals surface area contributed by atoms with Crippen LogP contribution in [0.25, 0.3) is 0 Å². The van der Waals surface area contributed by atoms with Gasteiger partial charge < -0.3 is 10.6 Å². The molecule has 0 aliphatic carbocycles. The predicted octanol–water partition coefficient (Wildman–Crippen LogP) is 1.46. The molecule has 1 unspecified atom stereocenters. The van der Waals surface area contributed by atoms with Crippen LogP contribution >= 0.6 is 0 Å². The lowest BCUT2D eigenvalue weighted by Crippen LogP contribution is -2.23. The molecule has 0 amide bonds. The van der Waals surface area contributed by atoms with E-state index in [4.69, 9.17) is 5.73 Å². The highest BCUT2D eigenvalue weighted by molar-refractivity contribution is 5.35. The van der Waals surface area contributed by atoms with Gasteiger partial charge >= 0.3 is 0 Å². The monoisotopic (exact) mass is 164 g/mol. The van der Waals surface area contributed by atoms with Gasteiger partial charge in [-0.1, -0.05) is 20.4 Å². The van der Waals surface area contributed by atoms with Crippen molar-refractivity contribution in [3.8, 4) is 0 Å². The van der Waals surface area contributed by atoms with Gasteiger partial charge in [0.05, 0.1) is 6.04 Å². The van der Waals surface area contributed by atoms with Gasteiger partial charge in [0, 0.05) is 23.4 Å². The summed E-state index contributed by atoms with van der Waals surface area (Å²) in [6, 6.07) is 0.0552. The van der Waals surface area contributed by atoms with Crippen LogP contribution in [0.5, 0.6) is 0 Å². The molecule has 2 heterocycles. The third-order valence-electron chi connectivity index (χ3n) is 3.01. The minimum Gasteiger partial charge on any atom is -0.347 e. The van der Waals surface area contributed by atoms with Gasteiger partial charge in [0.1, 0.15) is 0 Å². The fraction of sp³-hybridized carbons (Fsp3) is 0.600. The summed E-state index contributed by atoms with van der Waals surface area (Å²) in [5.74, 6) is 0. The van der Waals surface area contributed by atoms with Gasteiger partial charge in [-0.2, -0.15) is 0 Å². The molecule has 2 aliphatic rings. The summed E-state index contributed by atoms with van der Waals surface area (Å²) in [4.78, 5) is 2.27. The molecule has 2 nitrogen and oxygen atoms in total. The van der Waals surface area contributed by atoms with E-state index < -0.39 is 0 Å². The lowest BCUT2D eigenvalue weighted by molar-refractivity contribution is 0.452. The number of hydrogen-bond acceptors (Lipinski definition) is 2. The molecule has 1 saturated heterocycles. The second-order valence-corrected chi connectivity index (χ2v) is 4.35. The van der Waals surface area contributed by atoms with Crippen molar-refractivity contribution in [3.63, 3.8) is 0 Å². The van der Waals surface area contributed by atoms with Crippen molar-refractivity contribution in [1.29, 1.82) is 0 Å². The molecule has 2 rings (SSSR count). The molecule has 0 aromatic heterocycles. The smallest absolute Gasteiger partial charge is 0.0649 e. The summed E-state index contributed by atoms with van der Waals surface area (Å²) >= 11 is 0. The highest BCUT2D eigenvalue weighted by atomic mass is 15.2. The molecule has 66 valence electrons. The Balaban J connectivity index is 2.37.